The molecule has 2 saturated carbocycles. The molecule has 0 unspecified atom stereocenters. The van der Waals surface area contributed by atoms with Crippen LogP contribution in [-0.4, -0.2) is 6.36 Å². The molecular weight excluding hydrogens is 337 g/mol. The van der Waals surface area contributed by atoms with E-state index in [0.29, 0.717) is 17.0 Å². The van der Waals surface area contributed by atoms with Gasteiger partial charge in [0.2, 0.25) is 0 Å². The van der Waals surface area contributed by atoms with Crippen LogP contribution in [0.3, 0.4) is 0 Å². The molecule has 1 radical (unpaired) electrons. The second kappa shape index (κ2) is 7.82. The lowest BCUT2D eigenvalue weighted by Crippen LogP contribution is -2.23. The van der Waals surface area contributed by atoms with Gasteiger partial charge < -0.3 is 4.74 Å². The number of alkyl halides is 3. The first-order valence-corrected chi connectivity index (χ1v) is 9.94. The Morgan fingerprint density at radius 3 is 1.85 bits per heavy atom. The first-order chi connectivity index (χ1) is 12.2. The predicted octanol–water partition coefficient (Wildman–Crippen LogP) is 7.26. The third-order valence-electron chi connectivity index (χ3n) is 6.39. The number of hydrogen-bond acceptors (Lipinski definition) is 1. The Labute approximate surface area is 155 Å². The third-order valence-corrected chi connectivity index (χ3v) is 6.39. The molecule has 0 heterocycles. The smallest absolute Gasteiger partial charge is 0.405 e. The normalized spacial score (nSPS) is 26.1. The molecular formula is C22H30F3O. The van der Waals surface area contributed by atoms with Crippen LogP contribution in [0.5, 0.6) is 5.75 Å². The number of halogens is 3. The van der Waals surface area contributed by atoms with E-state index in [-0.39, 0.29) is 5.75 Å². The Bertz CT molecular complexity index is 583. The van der Waals surface area contributed by atoms with Crippen molar-refractivity contribution in [2.24, 2.45) is 11.8 Å². The molecule has 1 nitrogen and oxygen atoms in total. The fraction of sp³-hybridized carbons (Fsp3) is 0.682. The number of rotatable bonds is 3. The van der Waals surface area contributed by atoms with Gasteiger partial charge in [-0.2, -0.15) is 0 Å². The number of benzene rings is 1. The molecule has 0 aliphatic heterocycles. The maximum atomic E-state index is 12.6. The molecule has 3 rings (SSSR count). The van der Waals surface area contributed by atoms with Gasteiger partial charge in [-0.05, 0) is 92.7 Å². The van der Waals surface area contributed by atoms with Crippen molar-refractivity contribution in [2.45, 2.75) is 84.4 Å². The lowest BCUT2D eigenvalue weighted by molar-refractivity contribution is -0.275. The van der Waals surface area contributed by atoms with E-state index < -0.39 is 6.36 Å². The molecule has 145 valence electrons. The number of hydrogen-bond donors (Lipinski definition) is 0. The van der Waals surface area contributed by atoms with Crippen molar-refractivity contribution in [3.8, 4) is 5.75 Å². The lowest BCUT2D eigenvalue weighted by atomic mass is 9.68. The average molecular weight is 367 g/mol. The molecule has 26 heavy (non-hydrogen) atoms. The van der Waals surface area contributed by atoms with Gasteiger partial charge in [0.25, 0.3) is 0 Å². The summed E-state index contributed by atoms with van der Waals surface area (Å²) in [5.41, 5.74) is 2.33. The fourth-order valence-corrected chi connectivity index (χ4v) is 4.87. The van der Waals surface area contributed by atoms with Crippen LogP contribution in [0.15, 0.2) is 12.1 Å². The second-order valence-electron chi connectivity index (χ2n) is 8.42. The van der Waals surface area contributed by atoms with Crippen LogP contribution in [0, 0.1) is 31.6 Å². The zero-order valence-corrected chi connectivity index (χ0v) is 16.1. The molecule has 1 aromatic carbocycles. The SMILES string of the molecule is Cc1cc(C2CCC([C]3CCC(C)CC3)CC2)cc(C)c1OC(F)(F)F. The summed E-state index contributed by atoms with van der Waals surface area (Å²) in [6.07, 6.45) is 5.40. The maximum Gasteiger partial charge on any atom is 0.573 e. The molecule has 0 N–H and O–H groups in total. The van der Waals surface area contributed by atoms with E-state index in [1.54, 1.807) is 19.8 Å². The van der Waals surface area contributed by atoms with Crippen LogP contribution in [0.1, 0.15) is 80.9 Å². The van der Waals surface area contributed by atoms with E-state index in [4.69, 9.17) is 0 Å². The van der Waals surface area contributed by atoms with Gasteiger partial charge in [0.1, 0.15) is 5.75 Å². The summed E-state index contributed by atoms with van der Waals surface area (Å²) in [7, 11) is 0. The van der Waals surface area contributed by atoms with Gasteiger partial charge in [0.15, 0.2) is 0 Å². The Balaban J connectivity index is 1.62. The van der Waals surface area contributed by atoms with E-state index in [9.17, 15) is 13.2 Å². The standard InChI is InChI=1S/C22H30F3O/c1-14-4-6-17(7-5-14)18-8-10-19(11-9-18)20-12-15(2)21(16(3)13-20)26-22(23,24)25/h12-14,18-19H,4-11H2,1-3H3. The molecule has 0 amide bonds. The van der Waals surface area contributed by atoms with Crippen molar-refractivity contribution in [2.75, 3.05) is 0 Å². The van der Waals surface area contributed by atoms with Crippen molar-refractivity contribution in [1.29, 1.82) is 0 Å². The molecule has 1 aromatic rings. The van der Waals surface area contributed by atoms with Crippen molar-refractivity contribution in [1.82, 2.24) is 0 Å². The minimum absolute atomic E-state index is 0.0400. The first kappa shape index (κ1) is 19.6. The van der Waals surface area contributed by atoms with Gasteiger partial charge >= 0.3 is 6.36 Å². The Hall–Kier alpha value is -1.19. The van der Waals surface area contributed by atoms with E-state index in [1.165, 1.54) is 44.1 Å². The van der Waals surface area contributed by atoms with Crippen LogP contribution < -0.4 is 4.74 Å². The molecule has 0 bridgehead atoms. The molecule has 0 saturated heterocycles. The highest BCUT2D eigenvalue weighted by atomic mass is 19.4. The number of aryl methyl sites for hydroxylation is 2. The molecule has 0 aromatic heterocycles. The van der Waals surface area contributed by atoms with Gasteiger partial charge in [-0.3, -0.25) is 0 Å². The largest absolute Gasteiger partial charge is 0.573 e. The summed E-state index contributed by atoms with van der Waals surface area (Å²) in [4.78, 5) is 0. The van der Waals surface area contributed by atoms with Crippen molar-refractivity contribution in [3.05, 3.63) is 34.7 Å². The molecule has 0 spiro atoms. The highest BCUT2D eigenvalue weighted by Gasteiger charge is 2.34. The molecule has 4 heteroatoms. The third kappa shape index (κ3) is 4.75. The summed E-state index contributed by atoms with van der Waals surface area (Å²) in [5.74, 6) is 3.85. The molecule has 2 aliphatic carbocycles. The summed E-state index contributed by atoms with van der Waals surface area (Å²) in [5, 5.41) is 0. The van der Waals surface area contributed by atoms with E-state index >= 15 is 0 Å². The first-order valence-electron chi connectivity index (χ1n) is 9.94. The molecule has 2 fully saturated rings. The van der Waals surface area contributed by atoms with Crippen LogP contribution >= 0.6 is 0 Å². The van der Waals surface area contributed by atoms with Gasteiger partial charge in [-0.1, -0.05) is 31.9 Å². The van der Waals surface area contributed by atoms with Gasteiger partial charge in [0.05, 0.1) is 0 Å². The Kier molecular flexibility index (Phi) is 5.88. The zero-order chi connectivity index (χ0) is 18.9. The quantitative estimate of drug-likeness (QED) is 0.546. The van der Waals surface area contributed by atoms with Crippen LogP contribution in [0.2, 0.25) is 0 Å². The Morgan fingerprint density at radius 2 is 1.35 bits per heavy atom. The predicted molar refractivity (Wildman–Crippen MR) is 98.2 cm³/mol. The van der Waals surface area contributed by atoms with Crippen molar-refractivity contribution < 1.29 is 17.9 Å². The highest BCUT2D eigenvalue weighted by Crippen LogP contribution is 2.45. The van der Waals surface area contributed by atoms with Gasteiger partial charge in [0, 0.05) is 0 Å². The average Bonchev–Trinajstić information content (AvgIpc) is 2.58. The van der Waals surface area contributed by atoms with E-state index in [0.717, 1.165) is 24.7 Å². The fourth-order valence-electron chi connectivity index (χ4n) is 4.87. The minimum atomic E-state index is -4.64. The second-order valence-corrected chi connectivity index (χ2v) is 8.42. The monoisotopic (exact) mass is 367 g/mol. The summed E-state index contributed by atoms with van der Waals surface area (Å²) in [6.45, 7) is 5.77. The zero-order valence-electron chi connectivity index (χ0n) is 16.1. The number of ether oxygens (including phenoxy) is 1. The highest BCUT2D eigenvalue weighted by molar-refractivity contribution is 5.44. The van der Waals surface area contributed by atoms with Gasteiger partial charge in [-0.25, -0.2) is 0 Å². The maximum absolute atomic E-state index is 12.6. The van der Waals surface area contributed by atoms with E-state index in [2.05, 4.69) is 11.7 Å². The van der Waals surface area contributed by atoms with Crippen LogP contribution in [0.25, 0.3) is 0 Å². The summed E-state index contributed by atoms with van der Waals surface area (Å²) < 4.78 is 41.9. The Morgan fingerprint density at radius 1 is 0.846 bits per heavy atom. The van der Waals surface area contributed by atoms with Gasteiger partial charge in [-0.15, -0.1) is 13.2 Å². The summed E-state index contributed by atoms with van der Waals surface area (Å²) >= 11 is 0. The molecule has 0 atom stereocenters. The lowest BCUT2D eigenvalue weighted by Gasteiger charge is -2.37. The topological polar surface area (TPSA) is 9.23 Å². The van der Waals surface area contributed by atoms with Crippen molar-refractivity contribution in [3.63, 3.8) is 0 Å². The van der Waals surface area contributed by atoms with Crippen LogP contribution in [-0.2, 0) is 0 Å². The summed E-state index contributed by atoms with van der Waals surface area (Å²) in [6, 6.07) is 3.79. The van der Waals surface area contributed by atoms with Crippen molar-refractivity contribution >= 4 is 0 Å². The minimum Gasteiger partial charge on any atom is -0.405 e. The van der Waals surface area contributed by atoms with E-state index in [1.807, 2.05) is 12.1 Å². The van der Waals surface area contributed by atoms with Crippen LogP contribution in [0.4, 0.5) is 13.2 Å². The molecule has 2 aliphatic rings.